The van der Waals surface area contributed by atoms with E-state index in [1.807, 2.05) is 0 Å². The number of hydrogen-bond acceptors (Lipinski definition) is 2. The van der Waals surface area contributed by atoms with Crippen molar-refractivity contribution in [3.8, 4) is 5.88 Å². The highest BCUT2D eigenvalue weighted by Crippen LogP contribution is 2.21. The van der Waals surface area contributed by atoms with Gasteiger partial charge in [0.1, 0.15) is 0 Å². The summed E-state index contributed by atoms with van der Waals surface area (Å²) in [5.41, 5.74) is 0.855. The number of hydrogen-bond donors (Lipinski definition) is 0. The zero-order valence-corrected chi connectivity index (χ0v) is 10.5. The smallest absolute Gasteiger partial charge is 0.213 e. The highest BCUT2D eigenvalue weighted by atomic mass is 35.5. The van der Waals surface area contributed by atoms with Crippen molar-refractivity contribution in [1.82, 2.24) is 4.98 Å². The van der Waals surface area contributed by atoms with Crippen LogP contribution in [-0.2, 0) is 5.88 Å². The van der Waals surface area contributed by atoms with E-state index in [4.69, 9.17) is 27.9 Å². The molecular weight excluding hydrogens is 233 g/mol. The molecule has 2 nitrogen and oxygen atoms in total. The van der Waals surface area contributed by atoms with Crippen molar-refractivity contribution in [3.05, 3.63) is 22.8 Å². The van der Waals surface area contributed by atoms with Gasteiger partial charge in [0.05, 0.1) is 11.6 Å². The molecule has 1 heterocycles. The third-order valence-electron chi connectivity index (χ3n) is 2.00. The fraction of sp³-hybridized carbons (Fsp3) is 0.545. The van der Waals surface area contributed by atoms with Gasteiger partial charge in [-0.15, -0.1) is 11.6 Å². The van der Waals surface area contributed by atoms with Crippen molar-refractivity contribution in [3.63, 3.8) is 0 Å². The Morgan fingerprint density at radius 3 is 2.80 bits per heavy atom. The SMILES string of the molecule is CC(C)CCOc1cc(CCl)c(Cl)cn1. The summed E-state index contributed by atoms with van der Waals surface area (Å²) in [6, 6.07) is 1.79. The summed E-state index contributed by atoms with van der Waals surface area (Å²) in [4.78, 5) is 4.07. The molecule has 1 aromatic heterocycles. The normalized spacial score (nSPS) is 10.7. The Morgan fingerprint density at radius 2 is 2.20 bits per heavy atom. The van der Waals surface area contributed by atoms with E-state index in [9.17, 15) is 0 Å². The van der Waals surface area contributed by atoms with Crippen LogP contribution < -0.4 is 4.74 Å². The van der Waals surface area contributed by atoms with Crippen molar-refractivity contribution in [1.29, 1.82) is 0 Å². The predicted octanol–water partition coefficient (Wildman–Crippen LogP) is 3.90. The number of rotatable bonds is 5. The van der Waals surface area contributed by atoms with Crippen LogP contribution in [0.2, 0.25) is 5.02 Å². The Hall–Kier alpha value is -0.470. The number of nitrogens with zero attached hydrogens (tertiary/aromatic N) is 1. The van der Waals surface area contributed by atoms with Crippen molar-refractivity contribution >= 4 is 23.2 Å². The number of alkyl halides is 1. The first kappa shape index (κ1) is 12.6. The molecule has 1 rings (SSSR count). The standard InChI is InChI=1S/C11H15Cl2NO/c1-8(2)3-4-15-11-5-9(6-12)10(13)7-14-11/h5,7-8H,3-4,6H2,1-2H3. The first-order chi connectivity index (χ1) is 7.13. The van der Waals surface area contributed by atoms with Crippen LogP contribution >= 0.6 is 23.2 Å². The van der Waals surface area contributed by atoms with Crippen LogP contribution in [0.1, 0.15) is 25.8 Å². The van der Waals surface area contributed by atoms with E-state index in [2.05, 4.69) is 18.8 Å². The van der Waals surface area contributed by atoms with Gasteiger partial charge in [-0.2, -0.15) is 0 Å². The number of halogens is 2. The third-order valence-corrected chi connectivity index (χ3v) is 2.63. The van der Waals surface area contributed by atoms with Crippen LogP contribution in [0, 0.1) is 5.92 Å². The van der Waals surface area contributed by atoms with Gasteiger partial charge in [-0.3, -0.25) is 0 Å². The summed E-state index contributed by atoms with van der Waals surface area (Å²) in [5, 5.41) is 0.584. The van der Waals surface area contributed by atoms with E-state index in [1.165, 1.54) is 0 Å². The Morgan fingerprint density at radius 1 is 1.47 bits per heavy atom. The fourth-order valence-corrected chi connectivity index (χ4v) is 1.50. The summed E-state index contributed by atoms with van der Waals surface area (Å²) in [6.45, 7) is 4.99. The summed E-state index contributed by atoms with van der Waals surface area (Å²) in [7, 11) is 0. The molecule has 0 atom stereocenters. The molecule has 0 spiro atoms. The molecule has 84 valence electrons. The maximum absolute atomic E-state index is 5.88. The summed E-state index contributed by atoms with van der Waals surface area (Å²) in [5.74, 6) is 1.60. The summed E-state index contributed by atoms with van der Waals surface area (Å²) >= 11 is 11.6. The van der Waals surface area contributed by atoms with Crippen LogP contribution in [0.15, 0.2) is 12.3 Å². The van der Waals surface area contributed by atoms with Gasteiger partial charge in [0.25, 0.3) is 0 Å². The first-order valence-electron chi connectivity index (χ1n) is 4.96. The van der Waals surface area contributed by atoms with Crippen molar-refractivity contribution < 1.29 is 4.74 Å². The molecular formula is C11H15Cl2NO. The molecule has 0 saturated heterocycles. The molecule has 0 bridgehead atoms. The maximum atomic E-state index is 5.88. The minimum Gasteiger partial charge on any atom is -0.478 e. The molecule has 0 amide bonds. The maximum Gasteiger partial charge on any atom is 0.213 e. The van der Waals surface area contributed by atoms with Gasteiger partial charge in [-0.25, -0.2) is 4.98 Å². The van der Waals surface area contributed by atoms with Crippen LogP contribution in [-0.4, -0.2) is 11.6 Å². The van der Waals surface area contributed by atoms with Crippen LogP contribution in [0.5, 0.6) is 5.88 Å². The molecule has 0 unspecified atom stereocenters. The van der Waals surface area contributed by atoms with Gasteiger partial charge < -0.3 is 4.74 Å². The minimum absolute atomic E-state index is 0.377. The highest BCUT2D eigenvalue weighted by molar-refractivity contribution is 6.32. The third kappa shape index (κ3) is 4.27. The van der Waals surface area contributed by atoms with E-state index in [0.717, 1.165) is 12.0 Å². The van der Waals surface area contributed by atoms with Crippen molar-refractivity contribution in [2.24, 2.45) is 5.92 Å². The molecule has 0 radical (unpaired) electrons. The average Bonchev–Trinajstić information content (AvgIpc) is 2.20. The number of ether oxygens (including phenoxy) is 1. The van der Waals surface area contributed by atoms with Crippen molar-refractivity contribution in [2.45, 2.75) is 26.1 Å². The fourth-order valence-electron chi connectivity index (χ4n) is 1.04. The molecule has 0 aliphatic heterocycles. The number of aromatic nitrogens is 1. The zero-order chi connectivity index (χ0) is 11.3. The summed E-state index contributed by atoms with van der Waals surface area (Å²) in [6.07, 6.45) is 2.59. The van der Waals surface area contributed by atoms with Gasteiger partial charge in [-0.05, 0) is 17.9 Å². The van der Waals surface area contributed by atoms with E-state index < -0.39 is 0 Å². The van der Waals surface area contributed by atoms with Crippen LogP contribution in [0.25, 0.3) is 0 Å². The lowest BCUT2D eigenvalue weighted by atomic mass is 10.1. The molecule has 0 aliphatic carbocycles. The molecule has 0 aliphatic rings. The quantitative estimate of drug-likeness (QED) is 0.737. The first-order valence-corrected chi connectivity index (χ1v) is 5.88. The molecule has 15 heavy (non-hydrogen) atoms. The molecule has 0 aromatic carbocycles. The Balaban J connectivity index is 2.54. The lowest BCUT2D eigenvalue weighted by Crippen LogP contribution is -2.03. The predicted molar refractivity (Wildman–Crippen MR) is 63.8 cm³/mol. The monoisotopic (exact) mass is 247 g/mol. The van der Waals surface area contributed by atoms with Crippen molar-refractivity contribution in [2.75, 3.05) is 6.61 Å². The van der Waals surface area contributed by atoms with Gasteiger partial charge in [-0.1, -0.05) is 25.4 Å². The molecule has 0 fully saturated rings. The largest absolute Gasteiger partial charge is 0.478 e. The van der Waals surface area contributed by atoms with Gasteiger partial charge >= 0.3 is 0 Å². The highest BCUT2D eigenvalue weighted by Gasteiger charge is 2.03. The summed E-state index contributed by atoms with van der Waals surface area (Å²) < 4.78 is 5.49. The van der Waals surface area contributed by atoms with Crippen LogP contribution in [0.3, 0.4) is 0 Å². The molecule has 0 N–H and O–H groups in total. The molecule has 1 aromatic rings. The second-order valence-electron chi connectivity index (χ2n) is 3.78. The number of pyridine rings is 1. The van der Waals surface area contributed by atoms with Gasteiger partial charge in [0.15, 0.2) is 0 Å². The molecule has 4 heteroatoms. The molecule has 0 saturated carbocycles. The Kier molecular flexibility index (Phi) is 5.20. The van der Waals surface area contributed by atoms with E-state index in [0.29, 0.717) is 29.3 Å². The second kappa shape index (κ2) is 6.19. The van der Waals surface area contributed by atoms with Gasteiger partial charge in [0.2, 0.25) is 5.88 Å². The lowest BCUT2D eigenvalue weighted by molar-refractivity contribution is 0.279. The Bertz CT molecular complexity index is 315. The van der Waals surface area contributed by atoms with E-state index >= 15 is 0 Å². The zero-order valence-electron chi connectivity index (χ0n) is 8.96. The van der Waals surface area contributed by atoms with Gasteiger partial charge in [0, 0.05) is 18.1 Å². The lowest BCUT2D eigenvalue weighted by Gasteiger charge is -2.08. The van der Waals surface area contributed by atoms with E-state index in [1.54, 1.807) is 12.3 Å². The average molecular weight is 248 g/mol. The Labute approximate surface area is 101 Å². The second-order valence-corrected chi connectivity index (χ2v) is 4.45. The van der Waals surface area contributed by atoms with E-state index in [-0.39, 0.29) is 0 Å². The minimum atomic E-state index is 0.377. The topological polar surface area (TPSA) is 22.1 Å². The van der Waals surface area contributed by atoms with Crippen LogP contribution in [0.4, 0.5) is 0 Å².